The van der Waals surface area contributed by atoms with Gasteiger partial charge in [-0.05, 0) is 17.7 Å². The van der Waals surface area contributed by atoms with E-state index in [2.05, 4.69) is 52.0 Å². The van der Waals surface area contributed by atoms with Gasteiger partial charge in [0.05, 0.1) is 12.7 Å². The quantitative estimate of drug-likeness (QED) is 0.748. The lowest BCUT2D eigenvalue weighted by atomic mass is 10.1. The molecule has 0 unspecified atom stereocenters. The molecule has 2 N–H and O–H groups in total. The SMILES string of the molecule is c1ccc(-c2nc(Nc3ccc([C@H]4CNCCO4)cc3)cs2)cc1. The minimum absolute atomic E-state index is 0.150. The van der Waals surface area contributed by atoms with Gasteiger partial charge in [0.1, 0.15) is 10.8 Å². The van der Waals surface area contributed by atoms with Crippen LogP contribution in [0, 0.1) is 0 Å². The predicted molar refractivity (Wildman–Crippen MR) is 98.8 cm³/mol. The van der Waals surface area contributed by atoms with E-state index in [1.165, 1.54) is 5.56 Å². The van der Waals surface area contributed by atoms with E-state index in [-0.39, 0.29) is 6.10 Å². The average molecular weight is 337 g/mol. The molecular formula is C19H19N3OS. The predicted octanol–water partition coefficient (Wildman–Crippen LogP) is 4.21. The normalized spacial score (nSPS) is 17.6. The van der Waals surface area contributed by atoms with Crippen molar-refractivity contribution in [3.63, 3.8) is 0 Å². The number of morpholine rings is 1. The minimum atomic E-state index is 0.150. The van der Waals surface area contributed by atoms with Crippen LogP contribution < -0.4 is 10.6 Å². The maximum Gasteiger partial charge on any atom is 0.142 e. The van der Waals surface area contributed by atoms with Crippen LogP contribution in [0.1, 0.15) is 11.7 Å². The zero-order valence-corrected chi connectivity index (χ0v) is 14.1. The van der Waals surface area contributed by atoms with Crippen molar-refractivity contribution in [2.75, 3.05) is 25.0 Å². The van der Waals surface area contributed by atoms with Crippen molar-refractivity contribution in [3.05, 3.63) is 65.5 Å². The summed E-state index contributed by atoms with van der Waals surface area (Å²) in [4.78, 5) is 4.66. The van der Waals surface area contributed by atoms with Gasteiger partial charge in [0.25, 0.3) is 0 Å². The summed E-state index contributed by atoms with van der Waals surface area (Å²) in [6.07, 6.45) is 0.150. The molecule has 1 atom stereocenters. The Hall–Kier alpha value is -2.21. The Morgan fingerprint density at radius 1 is 1.08 bits per heavy atom. The molecule has 122 valence electrons. The summed E-state index contributed by atoms with van der Waals surface area (Å²) in [6, 6.07) is 18.6. The highest BCUT2D eigenvalue weighted by molar-refractivity contribution is 7.13. The van der Waals surface area contributed by atoms with Crippen LogP contribution in [0.2, 0.25) is 0 Å². The molecule has 1 aliphatic heterocycles. The number of hydrogen-bond donors (Lipinski definition) is 2. The Morgan fingerprint density at radius 2 is 1.92 bits per heavy atom. The third kappa shape index (κ3) is 3.48. The van der Waals surface area contributed by atoms with Crippen LogP contribution >= 0.6 is 11.3 Å². The average Bonchev–Trinajstić information content (AvgIpc) is 3.12. The van der Waals surface area contributed by atoms with E-state index in [0.29, 0.717) is 0 Å². The van der Waals surface area contributed by atoms with Crippen molar-refractivity contribution in [2.24, 2.45) is 0 Å². The van der Waals surface area contributed by atoms with Gasteiger partial charge in [0.2, 0.25) is 0 Å². The molecule has 5 heteroatoms. The van der Waals surface area contributed by atoms with Gasteiger partial charge in [-0.3, -0.25) is 0 Å². The van der Waals surface area contributed by atoms with Gasteiger partial charge in [-0.15, -0.1) is 11.3 Å². The number of rotatable bonds is 4. The maximum atomic E-state index is 5.78. The number of thiazole rings is 1. The highest BCUT2D eigenvalue weighted by Crippen LogP contribution is 2.28. The van der Waals surface area contributed by atoms with E-state index in [1.807, 2.05) is 23.6 Å². The van der Waals surface area contributed by atoms with Crippen LogP contribution in [0.3, 0.4) is 0 Å². The van der Waals surface area contributed by atoms with E-state index < -0.39 is 0 Å². The van der Waals surface area contributed by atoms with E-state index in [9.17, 15) is 0 Å². The Bertz CT molecular complexity index is 780. The third-order valence-corrected chi connectivity index (χ3v) is 4.90. The number of aromatic nitrogens is 1. The molecule has 4 rings (SSSR count). The Balaban J connectivity index is 1.45. The van der Waals surface area contributed by atoms with Crippen LogP contribution in [-0.2, 0) is 4.74 Å². The van der Waals surface area contributed by atoms with E-state index in [4.69, 9.17) is 4.74 Å². The monoisotopic (exact) mass is 337 g/mol. The molecule has 0 spiro atoms. The van der Waals surface area contributed by atoms with Gasteiger partial charge < -0.3 is 15.4 Å². The molecule has 1 aromatic heterocycles. The number of hydrogen-bond acceptors (Lipinski definition) is 5. The molecule has 0 bridgehead atoms. The van der Waals surface area contributed by atoms with Gasteiger partial charge in [-0.2, -0.15) is 0 Å². The molecule has 2 aromatic carbocycles. The van der Waals surface area contributed by atoms with Gasteiger partial charge in [0.15, 0.2) is 0 Å². The summed E-state index contributed by atoms with van der Waals surface area (Å²) >= 11 is 1.65. The second-order valence-electron chi connectivity index (χ2n) is 5.71. The molecular weight excluding hydrogens is 318 g/mol. The molecule has 0 saturated carbocycles. The molecule has 1 fully saturated rings. The fraction of sp³-hybridized carbons (Fsp3) is 0.211. The largest absolute Gasteiger partial charge is 0.371 e. The first-order valence-corrected chi connectivity index (χ1v) is 8.97. The Morgan fingerprint density at radius 3 is 2.67 bits per heavy atom. The zero-order chi connectivity index (χ0) is 16.2. The van der Waals surface area contributed by atoms with E-state index in [1.54, 1.807) is 11.3 Å². The van der Waals surface area contributed by atoms with Crippen molar-refractivity contribution in [3.8, 4) is 10.6 Å². The summed E-state index contributed by atoms with van der Waals surface area (Å²) in [5, 5.41) is 9.79. The van der Waals surface area contributed by atoms with Crippen molar-refractivity contribution < 1.29 is 4.74 Å². The zero-order valence-electron chi connectivity index (χ0n) is 13.2. The fourth-order valence-electron chi connectivity index (χ4n) is 2.75. The molecule has 1 saturated heterocycles. The number of nitrogens with zero attached hydrogens (tertiary/aromatic N) is 1. The number of nitrogens with one attached hydrogen (secondary N) is 2. The first kappa shape index (κ1) is 15.3. The van der Waals surface area contributed by atoms with Crippen LogP contribution in [0.15, 0.2) is 60.0 Å². The van der Waals surface area contributed by atoms with Crippen LogP contribution in [0.5, 0.6) is 0 Å². The van der Waals surface area contributed by atoms with Crippen molar-refractivity contribution >= 4 is 22.8 Å². The van der Waals surface area contributed by atoms with Crippen LogP contribution in [-0.4, -0.2) is 24.7 Å². The fourth-order valence-corrected chi connectivity index (χ4v) is 3.51. The highest BCUT2D eigenvalue weighted by Gasteiger charge is 2.15. The second-order valence-corrected chi connectivity index (χ2v) is 6.57. The summed E-state index contributed by atoms with van der Waals surface area (Å²) in [6.45, 7) is 2.58. The molecule has 2 heterocycles. The van der Waals surface area contributed by atoms with Crippen molar-refractivity contribution in [1.29, 1.82) is 0 Å². The lowest BCUT2D eigenvalue weighted by Gasteiger charge is -2.24. The summed E-state index contributed by atoms with van der Waals surface area (Å²) in [5.74, 6) is 0.877. The van der Waals surface area contributed by atoms with Gasteiger partial charge >= 0.3 is 0 Å². The lowest BCUT2D eigenvalue weighted by molar-refractivity contribution is 0.0277. The minimum Gasteiger partial charge on any atom is -0.371 e. The van der Waals surface area contributed by atoms with Crippen LogP contribution in [0.4, 0.5) is 11.5 Å². The number of benzene rings is 2. The molecule has 4 nitrogen and oxygen atoms in total. The Labute approximate surface area is 145 Å². The van der Waals surface area contributed by atoms with E-state index in [0.717, 1.165) is 41.8 Å². The maximum absolute atomic E-state index is 5.78. The topological polar surface area (TPSA) is 46.2 Å². The molecule has 3 aromatic rings. The summed E-state index contributed by atoms with van der Waals surface area (Å²) < 4.78 is 5.78. The smallest absolute Gasteiger partial charge is 0.142 e. The highest BCUT2D eigenvalue weighted by atomic mass is 32.1. The number of anilines is 2. The first-order chi connectivity index (χ1) is 11.9. The molecule has 24 heavy (non-hydrogen) atoms. The molecule has 0 amide bonds. The van der Waals surface area contributed by atoms with E-state index >= 15 is 0 Å². The first-order valence-electron chi connectivity index (χ1n) is 8.09. The van der Waals surface area contributed by atoms with Gasteiger partial charge in [-0.25, -0.2) is 4.98 Å². The third-order valence-electron chi connectivity index (χ3n) is 4.01. The number of ether oxygens (including phenoxy) is 1. The molecule has 0 aliphatic carbocycles. The van der Waals surface area contributed by atoms with Gasteiger partial charge in [-0.1, -0.05) is 42.5 Å². The summed E-state index contributed by atoms with van der Waals surface area (Å²) in [7, 11) is 0. The second kappa shape index (κ2) is 7.13. The van der Waals surface area contributed by atoms with Crippen molar-refractivity contribution in [1.82, 2.24) is 10.3 Å². The molecule has 1 aliphatic rings. The lowest BCUT2D eigenvalue weighted by Crippen LogP contribution is -2.33. The standard InChI is InChI=1S/C19H19N3OS/c1-2-4-15(5-3-1)19-22-18(13-24-19)21-16-8-6-14(7-9-16)17-12-20-10-11-23-17/h1-9,13,17,20-21H,10-12H2/t17-/m1/s1. The Kier molecular flexibility index (Phi) is 4.55. The van der Waals surface area contributed by atoms with Crippen LogP contribution in [0.25, 0.3) is 10.6 Å². The van der Waals surface area contributed by atoms with Gasteiger partial charge in [0, 0.05) is 29.7 Å². The summed E-state index contributed by atoms with van der Waals surface area (Å²) in [5.41, 5.74) is 3.39. The van der Waals surface area contributed by atoms with Crippen molar-refractivity contribution in [2.45, 2.75) is 6.10 Å². The molecule has 0 radical (unpaired) electrons.